The van der Waals surface area contributed by atoms with E-state index >= 15 is 0 Å². The zero-order valence-corrected chi connectivity index (χ0v) is 9.48. The van der Waals surface area contributed by atoms with E-state index in [0.29, 0.717) is 6.61 Å². The standard InChI is InChI=1S/C7H15O4PS/c1-3-6-7(4-5-10-6)11-12(8,13)9-2/h6-7H,3-5H2,1-2H3,(H,8,13)/p-1/t6-,7+,12?/m1/s1. The molecule has 1 unspecified atom stereocenters. The molecule has 78 valence electrons. The Balaban J connectivity index is 2.48. The van der Waals surface area contributed by atoms with Crippen molar-refractivity contribution < 1.29 is 18.7 Å². The molecule has 3 atom stereocenters. The molecule has 0 aromatic carbocycles. The van der Waals surface area contributed by atoms with Crippen molar-refractivity contribution in [2.24, 2.45) is 0 Å². The van der Waals surface area contributed by atoms with Crippen LogP contribution in [0.15, 0.2) is 0 Å². The third kappa shape index (κ3) is 3.27. The van der Waals surface area contributed by atoms with E-state index < -0.39 is 6.72 Å². The molecule has 4 nitrogen and oxygen atoms in total. The van der Waals surface area contributed by atoms with Crippen LogP contribution in [0.25, 0.3) is 0 Å². The number of hydrogen-bond acceptors (Lipinski definition) is 5. The smallest absolute Gasteiger partial charge is 0.115 e. The number of ether oxygens (including phenoxy) is 1. The van der Waals surface area contributed by atoms with Gasteiger partial charge in [0.15, 0.2) is 0 Å². The molecule has 0 radical (unpaired) electrons. The summed E-state index contributed by atoms with van der Waals surface area (Å²) >= 11 is 4.64. The molecule has 1 aliphatic rings. The van der Waals surface area contributed by atoms with Crippen molar-refractivity contribution in [2.45, 2.75) is 32.0 Å². The molecule has 0 bridgehead atoms. The van der Waals surface area contributed by atoms with Gasteiger partial charge in [-0.15, -0.1) is 0 Å². The molecule has 0 aromatic rings. The van der Waals surface area contributed by atoms with Gasteiger partial charge >= 0.3 is 0 Å². The van der Waals surface area contributed by atoms with E-state index in [1.807, 2.05) is 6.92 Å². The highest BCUT2D eigenvalue weighted by Gasteiger charge is 2.29. The van der Waals surface area contributed by atoms with Crippen molar-refractivity contribution in [1.82, 2.24) is 0 Å². The molecule has 0 aliphatic carbocycles. The lowest BCUT2D eigenvalue weighted by Crippen LogP contribution is -2.25. The van der Waals surface area contributed by atoms with Gasteiger partial charge in [-0.2, -0.15) is 0 Å². The largest absolute Gasteiger partial charge is 0.780 e. The van der Waals surface area contributed by atoms with Gasteiger partial charge in [-0.25, -0.2) is 0 Å². The molecule has 0 spiro atoms. The molecule has 1 heterocycles. The van der Waals surface area contributed by atoms with Gasteiger partial charge in [0.25, 0.3) is 0 Å². The second-order valence-electron chi connectivity index (χ2n) is 2.88. The maximum atomic E-state index is 11.3. The predicted octanol–water partition coefficient (Wildman–Crippen LogP) is 0.802. The summed E-state index contributed by atoms with van der Waals surface area (Å²) in [6.07, 6.45) is 1.41. The summed E-state index contributed by atoms with van der Waals surface area (Å²) in [5, 5.41) is 0. The average Bonchev–Trinajstić information content (AvgIpc) is 2.51. The Bertz CT molecular complexity index is 211. The summed E-state index contributed by atoms with van der Waals surface area (Å²) in [5.41, 5.74) is 0. The predicted molar refractivity (Wildman–Crippen MR) is 50.8 cm³/mol. The maximum absolute atomic E-state index is 11.3. The minimum absolute atomic E-state index is 0.00595. The fraction of sp³-hybridized carbons (Fsp3) is 1.00. The van der Waals surface area contributed by atoms with Gasteiger partial charge in [0.05, 0.1) is 12.2 Å². The summed E-state index contributed by atoms with van der Waals surface area (Å²) in [6, 6.07) is 0. The topological polar surface area (TPSA) is 50.8 Å². The lowest BCUT2D eigenvalue weighted by Gasteiger charge is -2.30. The van der Waals surface area contributed by atoms with Gasteiger partial charge in [-0.1, -0.05) is 18.7 Å². The first-order valence-corrected chi connectivity index (χ1v) is 6.81. The van der Waals surface area contributed by atoms with Crippen molar-refractivity contribution in [2.75, 3.05) is 13.7 Å². The van der Waals surface area contributed by atoms with Crippen LogP contribution in [-0.4, -0.2) is 25.9 Å². The molecule has 1 saturated heterocycles. The van der Waals surface area contributed by atoms with E-state index in [4.69, 9.17) is 9.26 Å². The minimum atomic E-state index is -3.27. The lowest BCUT2D eigenvalue weighted by molar-refractivity contribution is -0.209. The van der Waals surface area contributed by atoms with Gasteiger partial charge in [0.2, 0.25) is 0 Å². The highest BCUT2D eigenvalue weighted by Crippen LogP contribution is 2.42. The molecule has 13 heavy (non-hydrogen) atoms. The van der Waals surface area contributed by atoms with Gasteiger partial charge in [-0.3, -0.25) is 0 Å². The molecule has 0 N–H and O–H groups in total. The van der Waals surface area contributed by atoms with Crippen LogP contribution in [0.5, 0.6) is 0 Å². The van der Waals surface area contributed by atoms with Crippen LogP contribution in [0, 0.1) is 0 Å². The second kappa shape index (κ2) is 4.82. The third-order valence-corrected chi connectivity index (χ3v) is 3.72. The molecule has 0 aromatic heterocycles. The summed E-state index contributed by atoms with van der Waals surface area (Å²) in [4.78, 5) is 11.3. The summed E-state index contributed by atoms with van der Waals surface area (Å²) < 4.78 is 15.1. The molecule has 0 amide bonds. The lowest BCUT2D eigenvalue weighted by atomic mass is 10.1. The minimum Gasteiger partial charge on any atom is -0.780 e. The van der Waals surface area contributed by atoms with Crippen LogP contribution in [0.1, 0.15) is 19.8 Å². The zero-order valence-electron chi connectivity index (χ0n) is 7.76. The van der Waals surface area contributed by atoms with Crippen LogP contribution >= 0.6 is 6.72 Å². The van der Waals surface area contributed by atoms with Gasteiger partial charge < -0.3 is 18.7 Å². The Morgan fingerprint density at radius 2 is 2.38 bits per heavy atom. The average molecular weight is 225 g/mol. The summed E-state index contributed by atoms with van der Waals surface area (Å²) in [5.74, 6) is 0. The van der Waals surface area contributed by atoms with E-state index in [9.17, 15) is 4.89 Å². The Morgan fingerprint density at radius 1 is 1.69 bits per heavy atom. The Hall–Kier alpha value is 0.490. The second-order valence-corrected chi connectivity index (χ2v) is 5.69. The van der Waals surface area contributed by atoms with Crippen LogP contribution in [-0.2, 0) is 25.6 Å². The monoisotopic (exact) mass is 225 g/mol. The molecule has 1 fully saturated rings. The summed E-state index contributed by atoms with van der Waals surface area (Å²) in [6.45, 7) is -0.635. The first-order valence-electron chi connectivity index (χ1n) is 4.26. The molecular formula is C7H14O4PS-. The van der Waals surface area contributed by atoms with E-state index in [1.54, 1.807) is 0 Å². The molecule has 6 heteroatoms. The number of hydrogen-bond donors (Lipinski definition) is 0. The molecule has 1 aliphatic heterocycles. The normalized spacial score (nSPS) is 33.2. The van der Waals surface area contributed by atoms with E-state index in [2.05, 4.69) is 16.3 Å². The highest BCUT2D eigenvalue weighted by atomic mass is 32.5. The third-order valence-electron chi connectivity index (χ3n) is 2.04. The van der Waals surface area contributed by atoms with Crippen molar-refractivity contribution in [3.8, 4) is 0 Å². The van der Waals surface area contributed by atoms with E-state index in [-0.39, 0.29) is 12.2 Å². The van der Waals surface area contributed by atoms with Gasteiger partial charge in [0, 0.05) is 13.7 Å². The Labute approximate surface area is 83.4 Å². The van der Waals surface area contributed by atoms with Crippen molar-refractivity contribution >= 4 is 18.5 Å². The molecule has 0 saturated carbocycles. The van der Waals surface area contributed by atoms with Crippen LogP contribution in [0.4, 0.5) is 0 Å². The Kier molecular flexibility index (Phi) is 4.29. The zero-order chi connectivity index (χ0) is 9.90. The molecular weight excluding hydrogens is 211 g/mol. The fourth-order valence-electron chi connectivity index (χ4n) is 1.34. The van der Waals surface area contributed by atoms with Crippen LogP contribution in [0.3, 0.4) is 0 Å². The van der Waals surface area contributed by atoms with Crippen molar-refractivity contribution in [3.05, 3.63) is 0 Å². The first kappa shape index (κ1) is 11.6. The maximum Gasteiger partial charge on any atom is 0.115 e. The van der Waals surface area contributed by atoms with Crippen LogP contribution in [0.2, 0.25) is 0 Å². The highest BCUT2D eigenvalue weighted by molar-refractivity contribution is 8.06. The summed E-state index contributed by atoms with van der Waals surface area (Å²) in [7, 11) is 1.30. The number of rotatable bonds is 4. The van der Waals surface area contributed by atoms with E-state index in [0.717, 1.165) is 12.8 Å². The van der Waals surface area contributed by atoms with Crippen molar-refractivity contribution in [1.29, 1.82) is 0 Å². The SMILES string of the molecule is CC[C@H]1OCC[C@@H]1OP([O-])(=S)OC. The quantitative estimate of drug-likeness (QED) is 0.662. The van der Waals surface area contributed by atoms with E-state index in [1.165, 1.54) is 7.11 Å². The Morgan fingerprint density at radius 3 is 2.92 bits per heavy atom. The molecule has 1 rings (SSSR count). The van der Waals surface area contributed by atoms with Crippen LogP contribution < -0.4 is 4.89 Å². The van der Waals surface area contributed by atoms with Gasteiger partial charge in [0.1, 0.15) is 6.72 Å². The van der Waals surface area contributed by atoms with Gasteiger partial charge in [-0.05, 0) is 12.8 Å². The fourth-order valence-corrected chi connectivity index (χ4v) is 2.33. The van der Waals surface area contributed by atoms with Crippen molar-refractivity contribution in [3.63, 3.8) is 0 Å². The first-order chi connectivity index (χ1) is 6.09.